The van der Waals surface area contributed by atoms with Crippen LogP contribution in [-0.2, 0) is 9.59 Å². The molecule has 2 N–H and O–H groups in total. The van der Waals surface area contributed by atoms with E-state index in [1.54, 1.807) is 0 Å². The van der Waals surface area contributed by atoms with Crippen molar-refractivity contribution in [1.82, 2.24) is 4.90 Å². The molecule has 0 bridgehead atoms. The molecule has 41 heavy (non-hydrogen) atoms. The molecule has 0 radical (unpaired) electrons. The van der Waals surface area contributed by atoms with Gasteiger partial charge in [0.2, 0.25) is 11.8 Å². The van der Waals surface area contributed by atoms with Gasteiger partial charge in [-0.3, -0.25) is 14.5 Å². The molecule has 0 fully saturated rings. The van der Waals surface area contributed by atoms with Gasteiger partial charge in [0.1, 0.15) is 0 Å². The molecular weight excluding hydrogens is 504 g/mol. The van der Waals surface area contributed by atoms with Crippen LogP contribution in [0.1, 0.15) is 200 Å². The zero-order valence-electron chi connectivity index (χ0n) is 27.9. The Hall–Kier alpha value is -1.16. The molecule has 0 aliphatic rings. The van der Waals surface area contributed by atoms with Crippen molar-refractivity contribution in [3.05, 3.63) is 12.2 Å². The van der Waals surface area contributed by atoms with E-state index in [1.807, 2.05) is 0 Å². The number of hydrogen-bond acceptors (Lipinski definition) is 3. The van der Waals surface area contributed by atoms with Crippen LogP contribution >= 0.6 is 0 Å². The first-order chi connectivity index (χ1) is 20.2. The van der Waals surface area contributed by atoms with Crippen LogP contribution in [-0.4, -0.2) is 29.8 Å². The normalized spacial score (nSPS) is 11.5. The maximum Gasteiger partial charge on any atom is 0.230 e. The van der Waals surface area contributed by atoms with Crippen molar-refractivity contribution >= 4 is 11.8 Å². The number of nitrogens with zero attached hydrogens (tertiary/aromatic N) is 1. The number of nitrogens with two attached hydrogens (primary N) is 1. The second-order valence-electron chi connectivity index (χ2n) is 12.4. The predicted octanol–water partition coefficient (Wildman–Crippen LogP) is 11.2. The Morgan fingerprint density at radius 1 is 0.463 bits per heavy atom. The van der Waals surface area contributed by atoms with Crippen LogP contribution in [0.5, 0.6) is 0 Å². The van der Waals surface area contributed by atoms with Crippen molar-refractivity contribution < 1.29 is 9.59 Å². The lowest BCUT2D eigenvalue weighted by atomic mass is 10.0. The van der Waals surface area contributed by atoms with Gasteiger partial charge < -0.3 is 5.73 Å². The van der Waals surface area contributed by atoms with Gasteiger partial charge >= 0.3 is 0 Å². The summed E-state index contributed by atoms with van der Waals surface area (Å²) in [5.41, 5.74) is 5.62. The summed E-state index contributed by atoms with van der Waals surface area (Å²) in [7, 11) is 0. The van der Waals surface area contributed by atoms with Gasteiger partial charge in [0.15, 0.2) is 0 Å². The maximum absolute atomic E-state index is 12.8. The maximum atomic E-state index is 12.8. The minimum atomic E-state index is -0.0834. The van der Waals surface area contributed by atoms with Gasteiger partial charge in [0, 0.05) is 25.9 Å². The summed E-state index contributed by atoms with van der Waals surface area (Å²) < 4.78 is 0. The topological polar surface area (TPSA) is 63.4 Å². The number of unbranched alkanes of at least 4 members (excludes halogenated alkanes) is 24. The molecule has 0 spiro atoms. The van der Waals surface area contributed by atoms with E-state index in [2.05, 4.69) is 26.0 Å². The SMILES string of the molecule is CCCCCCCC/C=C\CCCCCCCCN(C(=O)CCN)C(=O)CCCCCCCCCCCCCCC. The van der Waals surface area contributed by atoms with E-state index < -0.39 is 0 Å². The molecule has 0 saturated carbocycles. The van der Waals surface area contributed by atoms with Crippen LogP contribution < -0.4 is 5.73 Å². The van der Waals surface area contributed by atoms with Crippen molar-refractivity contribution in [2.24, 2.45) is 5.73 Å². The fourth-order valence-electron chi connectivity index (χ4n) is 5.59. The van der Waals surface area contributed by atoms with E-state index in [0.717, 1.165) is 25.7 Å². The third kappa shape index (κ3) is 28.7. The number of carbonyl (C=O) groups is 2. The number of hydrogen-bond donors (Lipinski definition) is 1. The summed E-state index contributed by atoms with van der Waals surface area (Å²) in [5.74, 6) is -0.0702. The number of amides is 2. The Morgan fingerprint density at radius 3 is 1.22 bits per heavy atom. The summed E-state index contributed by atoms with van der Waals surface area (Å²) in [6, 6.07) is 0. The van der Waals surface area contributed by atoms with E-state index >= 15 is 0 Å². The van der Waals surface area contributed by atoms with Crippen LogP contribution in [0.2, 0.25) is 0 Å². The van der Waals surface area contributed by atoms with Crippen molar-refractivity contribution in [2.45, 2.75) is 200 Å². The fourth-order valence-corrected chi connectivity index (χ4v) is 5.59. The molecule has 0 heterocycles. The van der Waals surface area contributed by atoms with Crippen LogP contribution in [0.3, 0.4) is 0 Å². The summed E-state index contributed by atoms with van der Waals surface area (Å²) in [5, 5.41) is 0. The first kappa shape index (κ1) is 39.8. The monoisotopic (exact) mass is 577 g/mol. The van der Waals surface area contributed by atoms with Crippen LogP contribution in [0.25, 0.3) is 0 Å². The Labute approximate surface area is 257 Å². The Balaban J connectivity index is 3.80. The van der Waals surface area contributed by atoms with E-state index in [0.29, 0.717) is 19.5 Å². The number of imide groups is 1. The first-order valence-corrected chi connectivity index (χ1v) is 18.4. The Bertz CT molecular complexity index is 589. The van der Waals surface area contributed by atoms with Crippen LogP contribution in [0.15, 0.2) is 12.2 Å². The average Bonchev–Trinajstić information content (AvgIpc) is 2.97. The second kappa shape index (κ2) is 33.3. The standard InChI is InChI=1S/C37H72N2O2/c1-3-5-7-9-11-13-15-17-18-19-21-23-25-27-29-31-35-39(37(41)33-34-38)36(40)32-30-28-26-24-22-20-16-14-12-10-8-6-4-2/h17-18H,3-16,19-35,38H2,1-2H3/b18-17-. The highest BCUT2D eigenvalue weighted by Gasteiger charge is 2.19. The van der Waals surface area contributed by atoms with Gasteiger partial charge in [-0.1, -0.05) is 161 Å². The molecule has 0 unspecified atom stereocenters. The molecular formula is C37H72N2O2. The third-order valence-electron chi connectivity index (χ3n) is 8.35. The van der Waals surface area contributed by atoms with Gasteiger partial charge in [-0.15, -0.1) is 0 Å². The molecule has 242 valence electrons. The average molecular weight is 577 g/mol. The number of allylic oxidation sites excluding steroid dienone is 2. The van der Waals surface area contributed by atoms with Gasteiger partial charge in [0.05, 0.1) is 0 Å². The molecule has 0 aliphatic carbocycles. The number of rotatable bonds is 32. The second-order valence-corrected chi connectivity index (χ2v) is 12.4. The molecule has 0 aromatic heterocycles. The molecule has 0 atom stereocenters. The van der Waals surface area contributed by atoms with E-state index in [1.165, 1.54) is 153 Å². The summed E-state index contributed by atoms with van der Waals surface area (Å²) in [4.78, 5) is 26.9. The van der Waals surface area contributed by atoms with Crippen molar-refractivity contribution in [1.29, 1.82) is 0 Å². The molecule has 0 aliphatic heterocycles. The number of carbonyl (C=O) groups excluding carboxylic acids is 2. The first-order valence-electron chi connectivity index (χ1n) is 18.4. The summed E-state index contributed by atoms with van der Waals surface area (Å²) in [6.45, 7) is 5.42. The molecule has 0 aromatic rings. The molecule has 0 rings (SSSR count). The van der Waals surface area contributed by atoms with Gasteiger partial charge in [-0.25, -0.2) is 0 Å². The highest BCUT2D eigenvalue weighted by Crippen LogP contribution is 2.15. The molecule has 2 amide bonds. The minimum Gasteiger partial charge on any atom is -0.330 e. The van der Waals surface area contributed by atoms with Crippen LogP contribution in [0, 0.1) is 0 Å². The van der Waals surface area contributed by atoms with E-state index in [9.17, 15) is 9.59 Å². The third-order valence-corrected chi connectivity index (χ3v) is 8.35. The van der Waals surface area contributed by atoms with Crippen molar-refractivity contribution in [2.75, 3.05) is 13.1 Å². The summed E-state index contributed by atoms with van der Waals surface area (Å²) >= 11 is 0. The van der Waals surface area contributed by atoms with Gasteiger partial charge in [-0.2, -0.15) is 0 Å². The quantitative estimate of drug-likeness (QED) is 0.0640. The lowest BCUT2D eigenvalue weighted by Gasteiger charge is -2.21. The molecule has 4 nitrogen and oxygen atoms in total. The zero-order valence-corrected chi connectivity index (χ0v) is 27.9. The van der Waals surface area contributed by atoms with Crippen LogP contribution in [0.4, 0.5) is 0 Å². The lowest BCUT2D eigenvalue weighted by molar-refractivity contribution is -0.144. The molecule has 0 saturated heterocycles. The van der Waals surface area contributed by atoms with Crippen molar-refractivity contribution in [3.63, 3.8) is 0 Å². The molecule has 4 heteroatoms. The van der Waals surface area contributed by atoms with Gasteiger partial charge in [0.25, 0.3) is 0 Å². The Morgan fingerprint density at radius 2 is 0.805 bits per heavy atom. The Kier molecular flexibility index (Phi) is 32.4. The largest absolute Gasteiger partial charge is 0.330 e. The molecule has 0 aromatic carbocycles. The van der Waals surface area contributed by atoms with Gasteiger partial charge in [-0.05, 0) is 38.5 Å². The zero-order chi connectivity index (χ0) is 30.1. The minimum absolute atomic E-state index is 0.0132. The smallest absolute Gasteiger partial charge is 0.230 e. The lowest BCUT2D eigenvalue weighted by Crippen LogP contribution is -2.38. The van der Waals surface area contributed by atoms with E-state index in [4.69, 9.17) is 5.73 Å². The van der Waals surface area contributed by atoms with E-state index in [-0.39, 0.29) is 18.2 Å². The highest BCUT2D eigenvalue weighted by atomic mass is 16.2. The highest BCUT2D eigenvalue weighted by molar-refractivity contribution is 5.95. The summed E-state index contributed by atoms with van der Waals surface area (Å²) in [6.07, 6.45) is 40.0. The predicted molar refractivity (Wildman–Crippen MR) is 180 cm³/mol. The fraction of sp³-hybridized carbons (Fsp3) is 0.892. The van der Waals surface area contributed by atoms with Crippen molar-refractivity contribution in [3.8, 4) is 0 Å².